The Bertz CT molecular complexity index is 1440. The smallest absolute Gasteiger partial charge is 0.270 e. The molecule has 0 saturated carbocycles. The van der Waals surface area contributed by atoms with Crippen molar-refractivity contribution in [2.45, 2.75) is 12.5 Å². The van der Waals surface area contributed by atoms with E-state index in [1.807, 2.05) is 103 Å². The van der Waals surface area contributed by atoms with Gasteiger partial charge in [-0.1, -0.05) is 84.4 Å². The summed E-state index contributed by atoms with van der Waals surface area (Å²) in [5.74, 6) is -0.220. The molecule has 1 atom stereocenters. The van der Waals surface area contributed by atoms with Crippen molar-refractivity contribution in [2.75, 3.05) is 0 Å². The molecule has 3 aromatic carbocycles. The molecule has 0 aliphatic heterocycles. The van der Waals surface area contributed by atoms with E-state index in [0.717, 1.165) is 16.8 Å². The van der Waals surface area contributed by atoms with E-state index in [2.05, 4.69) is 17.4 Å². The summed E-state index contributed by atoms with van der Waals surface area (Å²) < 4.78 is 3.60. The second kappa shape index (κ2) is 10.0. The quantitative estimate of drug-likeness (QED) is 0.299. The fraction of sp³-hybridized carbons (Fsp3) is 0.103. The summed E-state index contributed by atoms with van der Waals surface area (Å²) in [7, 11) is 1.95. The summed E-state index contributed by atoms with van der Waals surface area (Å²) in [6, 6.07) is 33.1. The summed E-state index contributed by atoms with van der Waals surface area (Å²) >= 11 is 6.51. The van der Waals surface area contributed by atoms with Gasteiger partial charge in [-0.2, -0.15) is 5.10 Å². The number of para-hydroxylation sites is 1. The number of benzene rings is 3. The zero-order valence-corrected chi connectivity index (χ0v) is 20.1. The fourth-order valence-corrected chi connectivity index (χ4v) is 4.44. The van der Waals surface area contributed by atoms with Gasteiger partial charge in [-0.05, 0) is 47.9 Å². The minimum absolute atomic E-state index is 0.209. The van der Waals surface area contributed by atoms with Crippen LogP contribution in [0.25, 0.3) is 17.1 Å². The lowest BCUT2D eigenvalue weighted by Crippen LogP contribution is -2.31. The number of rotatable bonds is 7. The van der Waals surface area contributed by atoms with E-state index in [-0.39, 0.29) is 11.9 Å². The molecular formula is C29H25ClN4O. The lowest BCUT2D eigenvalue weighted by Gasteiger charge is -2.20. The number of hydrogen-bond donors (Lipinski definition) is 1. The third-order valence-corrected chi connectivity index (χ3v) is 6.34. The van der Waals surface area contributed by atoms with Crippen LogP contribution in [0.3, 0.4) is 0 Å². The van der Waals surface area contributed by atoms with Gasteiger partial charge in [-0.25, -0.2) is 4.68 Å². The molecule has 2 heterocycles. The molecule has 2 aromatic heterocycles. The molecule has 5 nitrogen and oxygen atoms in total. The van der Waals surface area contributed by atoms with Crippen molar-refractivity contribution in [1.29, 1.82) is 0 Å². The van der Waals surface area contributed by atoms with Crippen LogP contribution in [0.2, 0.25) is 5.02 Å². The molecule has 1 unspecified atom stereocenters. The van der Waals surface area contributed by atoms with Crippen LogP contribution in [0.1, 0.15) is 27.7 Å². The zero-order chi connectivity index (χ0) is 24.2. The van der Waals surface area contributed by atoms with Crippen molar-refractivity contribution in [3.8, 4) is 17.1 Å². The van der Waals surface area contributed by atoms with Crippen LogP contribution in [0.15, 0.2) is 109 Å². The van der Waals surface area contributed by atoms with Crippen molar-refractivity contribution in [3.05, 3.63) is 131 Å². The van der Waals surface area contributed by atoms with Crippen LogP contribution in [-0.4, -0.2) is 20.3 Å². The van der Waals surface area contributed by atoms with Gasteiger partial charge < -0.3 is 9.88 Å². The third kappa shape index (κ3) is 4.91. The maximum absolute atomic E-state index is 13.8. The number of hydrogen-bond acceptors (Lipinski definition) is 2. The average molecular weight is 481 g/mol. The van der Waals surface area contributed by atoms with Crippen LogP contribution in [0, 0.1) is 0 Å². The molecule has 5 aromatic rings. The van der Waals surface area contributed by atoms with E-state index in [4.69, 9.17) is 16.7 Å². The lowest BCUT2D eigenvalue weighted by molar-refractivity contribution is 0.0928. The molecule has 1 N–H and O–H groups in total. The maximum atomic E-state index is 13.8. The average Bonchev–Trinajstić information content (AvgIpc) is 3.51. The second-order valence-electron chi connectivity index (χ2n) is 8.41. The Hall–Kier alpha value is -4.09. The van der Waals surface area contributed by atoms with Crippen LogP contribution in [0.4, 0.5) is 0 Å². The van der Waals surface area contributed by atoms with Gasteiger partial charge in [0, 0.05) is 13.2 Å². The molecule has 174 valence electrons. The van der Waals surface area contributed by atoms with Gasteiger partial charge in [0.1, 0.15) is 11.4 Å². The molecule has 0 fully saturated rings. The Morgan fingerprint density at radius 2 is 1.60 bits per heavy atom. The normalized spacial score (nSPS) is 11.8. The van der Waals surface area contributed by atoms with Crippen molar-refractivity contribution < 1.29 is 4.79 Å². The van der Waals surface area contributed by atoms with Gasteiger partial charge in [0.05, 0.1) is 22.4 Å². The Morgan fingerprint density at radius 3 is 2.29 bits per heavy atom. The number of nitrogens with one attached hydrogen (secondary N) is 1. The van der Waals surface area contributed by atoms with Crippen molar-refractivity contribution in [1.82, 2.24) is 19.7 Å². The highest BCUT2D eigenvalue weighted by molar-refractivity contribution is 6.32. The Kier molecular flexibility index (Phi) is 6.51. The number of aryl methyl sites for hydroxylation is 1. The third-order valence-electron chi connectivity index (χ3n) is 6.02. The summed E-state index contributed by atoms with van der Waals surface area (Å²) in [5, 5.41) is 8.55. The number of carbonyl (C=O) groups excluding carboxylic acids is 1. The molecule has 5 rings (SSSR count). The van der Waals surface area contributed by atoms with E-state index in [0.29, 0.717) is 28.5 Å². The highest BCUT2D eigenvalue weighted by Crippen LogP contribution is 2.27. The molecule has 0 aliphatic carbocycles. The van der Waals surface area contributed by atoms with Gasteiger partial charge in [0.2, 0.25) is 0 Å². The minimum Gasteiger partial charge on any atom is -0.349 e. The molecule has 35 heavy (non-hydrogen) atoms. The predicted octanol–water partition coefficient (Wildman–Crippen LogP) is 6.25. The predicted molar refractivity (Wildman–Crippen MR) is 140 cm³/mol. The Morgan fingerprint density at radius 1 is 0.914 bits per heavy atom. The molecule has 0 spiro atoms. The van der Waals surface area contributed by atoms with E-state index in [1.165, 1.54) is 0 Å². The Labute approximate surface area is 209 Å². The van der Waals surface area contributed by atoms with Crippen LogP contribution < -0.4 is 5.32 Å². The minimum atomic E-state index is -0.220. The highest BCUT2D eigenvalue weighted by atomic mass is 35.5. The first kappa shape index (κ1) is 22.7. The van der Waals surface area contributed by atoms with Crippen molar-refractivity contribution >= 4 is 17.5 Å². The van der Waals surface area contributed by atoms with Crippen LogP contribution in [-0.2, 0) is 13.5 Å². The van der Waals surface area contributed by atoms with Gasteiger partial charge in [0.15, 0.2) is 0 Å². The number of nitrogens with zero attached hydrogens (tertiary/aromatic N) is 3. The van der Waals surface area contributed by atoms with E-state index in [1.54, 1.807) is 10.7 Å². The van der Waals surface area contributed by atoms with Crippen molar-refractivity contribution in [2.24, 2.45) is 7.05 Å². The fourth-order valence-electron chi connectivity index (χ4n) is 4.22. The number of aromatic nitrogens is 3. The van der Waals surface area contributed by atoms with Gasteiger partial charge >= 0.3 is 0 Å². The monoisotopic (exact) mass is 480 g/mol. The number of halogens is 1. The van der Waals surface area contributed by atoms with Gasteiger partial charge in [-0.3, -0.25) is 4.79 Å². The lowest BCUT2D eigenvalue weighted by atomic mass is 9.98. The largest absolute Gasteiger partial charge is 0.349 e. The van der Waals surface area contributed by atoms with E-state index < -0.39 is 0 Å². The van der Waals surface area contributed by atoms with E-state index in [9.17, 15) is 4.79 Å². The van der Waals surface area contributed by atoms with Gasteiger partial charge in [-0.15, -0.1) is 0 Å². The molecular weight excluding hydrogens is 456 g/mol. The molecule has 6 heteroatoms. The topological polar surface area (TPSA) is 51.9 Å². The highest BCUT2D eigenvalue weighted by Gasteiger charge is 2.23. The molecule has 0 saturated heterocycles. The summed E-state index contributed by atoms with van der Waals surface area (Å²) in [4.78, 5) is 13.8. The molecule has 1 amide bonds. The molecule has 0 bridgehead atoms. The van der Waals surface area contributed by atoms with Gasteiger partial charge in [0.25, 0.3) is 5.91 Å². The second-order valence-corrected chi connectivity index (χ2v) is 8.82. The summed E-state index contributed by atoms with van der Waals surface area (Å²) in [5.41, 5.74) is 4.86. The Balaban J connectivity index is 1.54. The van der Waals surface area contributed by atoms with Crippen LogP contribution >= 0.6 is 11.6 Å². The summed E-state index contributed by atoms with van der Waals surface area (Å²) in [6.07, 6.45) is 2.62. The molecule has 0 radical (unpaired) electrons. The first-order valence-corrected chi connectivity index (χ1v) is 11.8. The maximum Gasteiger partial charge on any atom is 0.270 e. The SMILES string of the molecule is Cn1cccc1-c1cc(C(=O)NC(Cc2ccccc2)c2ccccc2)n(-c2ccccc2Cl)n1. The van der Waals surface area contributed by atoms with Crippen molar-refractivity contribution in [3.63, 3.8) is 0 Å². The molecule has 0 aliphatic rings. The summed E-state index contributed by atoms with van der Waals surface area (Å²) in [6.45, 7) is 0. The number of carbonyl (C=O) groups is 1. The first-order valence-electron chi connectivity index (χ1n) is 11.5. The van der Waals surface area contributed by atoms with E-state index >= 15 is 0 Å². The standard InChI is InChI=1S/C29H25ClN4O/c1-33-18-10-17-27(33)25-20-28(34(32-25)26-16-9-8-15-23(26)30)29(35)31-24(22-13-6-3-7-14-22)19-21-11-4-2-5-12-21/h2-18,20,24H,19H2,1H3,(H,31,35). The number of amides is 1. The first-order chi connectivity index (χ1) is 17.1. The van der Waals surface area contributed by atoms with Crippen LogP contribution in [0.5, 0.6) is 0 Å². The zero-order valence-electron chi connectivity index (χ0n) is 19.3.